The summed E-state index contributed by atoms with van der Waals surface area (Å²) in [6, 6.07) is 14.5. The van der Waals surface area contributed by atoms with Crippen LogP contribution in [0.1, 0.15) is 28.3 Å². The normalized spacial score (nSPS) is 16.2. The van der Waals surface area contributed by atoms with Gasteiger partial charge in [-0.05, 0) is 37.3 Å². The molecule has 1 amide bonds. The largest absolute Gasteiger partial charge is 0.336 e. The smallest absolute Gasteiger partial charge is 0.253 e. The highest BCUT2D eigenvalue weighted by Crippen LogP contribution is 2.30. The van der Waals surface area contributed by atoms with E-state index in [-0.39, 0.29) is 23.4 Å². The van der Waals surface area contributed by atoms with E-state index in [0.717, 1.165) is 23.6 Å². The molecule has 1 atom stereocenters. The first kappa shape index (κ1) is 22.6. The van der Waals surface area contributed by atoms with Gasteiger partial charge in [-0.3, -0.25) is 9.69 Å². The number of hydrogen-bond acceptors (Lipinski definition) is 6. The number of rotatable bonds is 7. The fraction of sp³-hybridized carbons (Fsp3) is 0.304. The lowest BCUT2D eigenvalue weighted by Gasteiger charge is -2.37. The van der Waals surface area contributed by atoms with Gasteiger partial charge in [-0.1, -0.05) is 24.3 Å². The van der Waals surface area contributed by atoms with E-state index in [4.69, 9.17) is 4.98 Å². The number of aromatic nitrogens is 1. The Kier molecular flexibility index (Phi) is 6.71. The van der Waals surface area contributed by atoms with Crippen molar-refractivity contribution >= 4 is 37.5 Å². The number of hydrogen-bond donors (Lipinski definition) is 1. The molecule has 0 radical (unpaired) electrons. The molecular weight excluding hydrogens is 444 g/mol. The van der Waals surface area contributed by atoms with Crippen LogP contribution in [-0.2, 0) is 10.0 Å². The quantitative estimate of drug-likeness (QED) is 0.536. The topological polar surface area (TPSA) is 82.6 Å². The molecule has 1 N–H and O–H groups in total. The van der Waals surface area contributed by atoms with Crippen molar-refractivity contribution in [3.8, 4) is 0 Å². The van der Waals surface area contributed by atoms with Crippen molar-refractivity contribution in [3.05, 3.63) is 71.8 Å². The Bertz CT molecular complexity index is 1200. The van der Waals surface area contributed by atoms with E-state index in [1.807, 2.05) is 18.2 Å². The van der Waals surface area contributed by atoms with Gasteiger partial charge in [0.1, 0.15) is 5.01 Å². The number of fused-ring (bicyclic) bond motifs is 1. The van der Waals surface area contributed by atoms with E-state index in [2.05, 4.69) is 29.2 Å². The molecule has 4 rings (SSSR count). The molecule has 1 aromatic heterocycles. The van der Waals surface area contributed by atoms with Gasteiger partial charge in [-0.15, -0.1) is 17.9 Å². The number of nitrogens with zero attached hydrogens (tertiary/aromatic N) is 3. The second kappa shape index (κ2) is 9.50. The lowest BCUT2D eigenvalue weighted by atomic mass is 10.1. The lowest BCUT2D eigenvalue weighted by Crippen LogP contribution is -2.49. The van der Waals surface area contributed by atoms with Crippen LogP contribution in [0.5, 0.6) is 0 Å². The highest BCUT2D eigenvalue weighted by Gasteiger charge is 2.27. The number of benzene rings is 2. The average Bonchev–Trinajstić information content (AvgIpc) is 3.26. The fourth-order valence-corrected chi connectivity index (χ4v) is 5.87. The van der Waals surface area contributed by atoms with Gasteiger partial charge in [0.25, 0.3) is 5.91 Å². The van der Waals surface area contributed by atoms with Gasteiger partial charge in [-0.25, -0.2) is 18.1 Å². The van der Waals surface area contributed by atoms with Gasteiger partial charge in [-0.2, -0.15) is 0 Å². The third-order valence-corrected chi connectivity index (χ3v) is 8.25. The summed E-state index contributed by atoms with van der Waals surface area (Å²) in [6.07, 6.45) is 1.47. The maximum atomic E-state index is 13.0. The highest BCUT2D eigenvalue weighted by molar-refractivity contribution is 7.89. The molecule has 1 saturated heterocycles. The standard InChI is InChI=1S/C23H26N4O3S2/c1-3-11-24-32(29,30)19-8-6-7-18(16-19)23(28)27-14-12-26(13-15-27)17(2)22-25-20-9-4-5-10-21(20)31-22/h3-10,16-17,24H,1,11-15H2,2H3/t17-/m0/s1. The Labute approximate surface area is 192 Å². The molecule has 2 heterocycles. The number of carbonyl (C=O) groups is 1. The molecule has 1 aliphatic rings. The van der Waals surface area contributed by atoms with Crippen molar-refractivity contribution in [3.63, 3.8) is 0 Å². The summed E-state index contributed by atoms with van der Waals surface area (Å²) in [4.78, 5) is 22.0. The molecule has 0 bridgehead atoms. The summed E-state index contributed by atoms with van der Waals surface area (Å²) >= 11 is 1.71. The molecule has 1 fully saturated rings. The molecule has 0 aliphatic carbocycles. The first-order chi connectivity index (χ1) is 15.4. The van der Waals surface area contributed by atoms with Gasteiger partial charge in [0.15, 0.2) is 0 Å². The van der Waals surface area contributed by atoms with E-state index in [1.165, 1.54) is 22.9 Å². The summed E-state index contributed by atoms with van der Waals surface area (Å²) < 4.78 is 28.3. The summed E-state index contributed by atoms with van der Waals surface area (Å²) in [6.45, 7) is 8.45. The van der Waals surface area contributed by atoms with Crippen LogP contribution in [0.25, 0.3) is 10.2 Å². The van der Waals surface area contributed by atoms with Gasteiger partial charge in [0, 0.05) is 38.3 Å². The van der Waals surface area contributed by atoms with Gasteiger partial charge < -0.3 is 4.90 Å². The molecule has 0 spiro atoms. The Morgan fingerprint density at radius 2 is 1.94 bits per heavy atom. The second-order valence-electron chi connectivity index (χ2n) is 7.69. The number of sulfonamides is 1. The monoisotopic (exact) mass is 470 g/mol. The van der Waals surface area contributed by atoms with Crippen molar-refractivity contribution in [1.82, 2.24) is 19.5 Å². The van der Waals surface area contributed by atoms with Gasteiger partial charge >= 0.3 is 0 Å². The van der Waals surface area contributed by atoms with Gasteiger partial charge in [0.2, 0.25) is 10.0 Å². The molecule has 7 nitrogen and oxygen atoms in total. The number of piperazine rings is 1. The van der Waals surface area contributed by atoms with Crippen LogP contribution in [0.4, 0.5) is 0 Å². The van der Waals surface area contributed by atoms with Crippen molar-refractivity contribution < 1.29 is 13.2 Å². The van der Waals surface area contributed by atoms with E-state index < -0.39 is 10.0 Å². The Morgan fingerprint density at radius 1 is 1.19 bits per heavy atom. The van der Waals surface area contributed by atoms with E-state index in [9.17, 15) is 13.2 Å². The predicted molar refractivity (Wildman–Crippen MR) is 127 cm³/mol. The van der Waals surface area contributed by atoms with Gasteiger partial charge in [0.05, 0.1) is 21.2 Å². The van der Waals surface area contributed by atoms with Crippen molar-refractivity contribution in [1.29, 1.82) is 0 Å². The fourth-order valence-electron chi connectivity index (χ4n) is 3.77. The molecule has 0 unspecified atom stereocenters. The molecule has 1 aliphatic heterocycles. The van der Waals surface area contributed by atoms with E-state index >= 15 is 0 Å². The third-order valence-electron chi connectivity index (χ3n) is 5.63. The van der Waals surface area contributed by atoms with Crippen LogP contribution in [0, 0.1) is 0 Å². The maximum absolute atomic E-state index is 13.0. The van der Waals surface area contributed by atoms with Crippen LogP contribution in [0.2, 0.25) is 0 Å². The highest BCUT2D eigenvalue weighted by atomic mass is 32.2. The van der Waals surface area contributed by atoms with Crippen molar-refractivity contribution in [2.24, 2.45) is 0 Å². The average molecular weight is 471 g/mol. The SMILES string of the molecule is C=CCNS(=O)(=O)c1cccc(C(=O)N2CCN([C@@H](C)c3nc4ccccc4s3)CC2)c1. The minimum Gasteiger partial charge on any atom is -0.336 e. The molecule has 32 heavy (non-hydrogen) atoms. The maximum Gasteiger partial charge on any atom is 0.253 e. The number of nitrogens with one attached hydrogen (secondary N) is 1. The predicted octanol–water partition coefficient (Wildman–Crippen LogP) is 3.28. The summed E-state index contributed by atoms with van der Waals surface area (Å²) in [5.41, 5.74) is 1.39. The number of amides is 1. The van der Waals surface area contributed by atoms with E-state index in [0.29, 0.717) is 18.7 Å². The van der Waals surface area contributed by atoms with Crippen molar-refractivity contribution in [2.45, 2.75) is 17.9 Å². The summed E-state index contributed by atoms with van der Waals surface area (Å²) in [5, 5.41) is 1.08. The van der Waals surface area contributed by atoms with Crippen LogP contribution in [-0.4, -0.2) is 61.8 Å². The molecule has 3 aromatic rings. The molecular formula is C23H26N4O3S2. The third kappa shape index (κ3) is 4.75. The number of para-hydroxylation sites is 1. The first-order valence-corrected chi connectivity index (χ1v) is 12.8. The molecule has 2 aromatic carbocycles. The zero-order valence-electron chi connectivity index (χ0n) is 17.9. The van der Waals surface area contributed by atoms with Crippen molar-refractivity contribution in [2.75, 3.05) is 32.7 Å². The summed E-state index contributed by atoms with van der Waals surface area (Å²) in [7, 11) is -3.68. The molecule has 168 valence electrons. The van der Waals surface area contributed by atoms with E-state index in [1.54, 1.807) is 28.4 Å². The zero-order chi connectivity index (χ0) is 22.7. The first-order valence-electron chi connectivity index (χ1n) is 10.5. The Hall–Kier alpha value is -2.59. The van der Waals surface area contributed by atoms with Crippen LogP contribution < -0.4 is 4.72 Å². The Morgan fingerprint density at radius 3 is 2.66 bits per heavy atom. The zero-order valence-corrected chi connectivity index (χ0v) is 19.5. The molecule has 0 saturated carbocycles. The minimum absolute atomic E-state index is 0.0771. The second-order valence-corrected chi connectivity index (χ2v) is 10.5. The van der Waals surface area contributed by atoms with Crippen LogP contribution in [0.3, 0.4) is 0 Å². The number of carbonyl (C=O) groups excluding carboxylic acids is 1. The molecule has 9 heteroatoms. The minimum atomic E-state index is -3.68. The van der Waals surface area contributed by atoms with Crippen LogP contribution in [0.15, 0.2) is 66.1 Å². The van der Waals surface area contributed by atoms with Crippen LogP contribution >= 0.6 is 11.3 Å². The Balaban J connectivity index is 1.41. The lowest BCUT2D eigenvalue weighted by molar-refractivity contribution is 0.0582. The number of thiazole rings is 1. The summed E-state index contributed by atoms with van der Waals surface area (Å²) in [5.74, 6) is -0.155.